The van der Waals surface area contributed by atoms with E-state index < -0.39 is 0 Å². The second-order valence-electron chi connectivity index (χ2n) is 4.51. The van der Waals surface area contributed by atoms with Crippen LogP contribution in [0.15, 0.2) is 60.7 Å². The highest BCUT2D eigenvalue weighted by Crippen LogP contribution is 2.37. The first-order valence-electron chi connectivity index (χ1n) is 6.30. The Morgan fingerprint density at radius 2 is 0.944 bits per heavy atom. The third-order valence-corrected chi connectivity index (χ3v) is 7.67. The van der Waals surface area contributed by atoms with Gasteiger partial charge in [-0.2, -0.15) is 0 Å². The summed E-state index contributed by atoms with van der Waals surface area (Å²) in [7, 11) is 0.0353. The van der Waals surface area contributed by atoms with Crippen LogP contribution in [0.2, 0.25) is 0 Å². The molecule has 18 heavy (non-hydrogen) atoms. The molecule has 2 aromatic rings. The summed E-state index contributed by atoms with van der Waals surface area (Å²) in [4.78, 5) is 0. The van der Waals surface area contributed by atoms with Crippen LogP contribution in [-0.2, 0) is 0 Å². The normalized spacial score (nSPS) is 14.1. The molecule has 2 rings (SSSR count). The van der Waals surface area contributed by atoms with Crippen LogP contribution in [0.5, 0.6) is 0 Å². The van der Waals surface area contributed by atoms with Crippen molar-refractivity contribution in [1.29, 1.82) is 0 Å². The molecule has 0 saturated carbocycles. The van der Waals surface area contributed by atoms with E-state index in [2.05, 4.69) is 74.0 Å². The highest BCUT2D eigenvalue weighted by molar-refractivity contribution is 7.68. The first kappa shape index (κ1) is 13.7. The summed E-state index contributed by atoms with van der Waals surface area (Å²) in [5, 5.41) is 3.06. The third-order valence-electron chi connectivity index (χ3n) is 3.16. The Balaban J connectivity index is 1.89. The van der Waals surface area contributed by atoms with E-state index in [-0.39, 0.29) is 15.8 Å². The van der Waals surface area contributed by atoms with E-state index in [1.54, 1.807) is 0 Å². The van der Waals surface area contributed by atoms with Gasteiger partial charge < -0.3 is 0 Å². The van der Waals surface area contributed by atoms with E-state index in [9.17, 15) is 0 Å². The predicted octanol–water partition coefficient (Wildman–Crippen LogP) is 3.86. The van der Waals surface area contributed by atoms with Crippen LogP contribution in [0.25, 0.3) is 0 Å². The highest BCUT2D eigenvalue weighted by atomic mass is 31.1. The molecule has 0 aliphatic rings. The van der Waals surface area contributed by atoms with Crippen molar-refractivity contribution in [2.75, 3.05) is 25.7 Å². The van der Waals surface area contributed by atoms with Gasteiger partial charge in [0.25, 0.3) is 0 Å². The molecule has 0 aliphatic carbocycles. The summed E-state index contributed by atoms with van der Waals surface area (Å²) in [6.45, 7) is 4.80. The highest BCUT2D eigenvalue weighted by Gasteiger charge is 2.08. The molecular formula is C16H20P2. The number of hydrogen-bond acceptors (Lipinski definition) is 0. The minimum atomic E-state index is 0.0177. The Hall–Kier alpha value is -0.700. The van der Waals surface area contributed by atoms with Crippen LogP contribution >= 0.6 is 15.8 Å². The molecule has 0 bridgehead atoms. The van der Waals surface area contributed by atoms with Gasteiger partial charge in [-0.3, -0.25) is 0 Å². The van der Waals surface area contributed by atoms with Gasteiger partial charge in [0, 0.05) is 0 Å². The molecule has 0 aliphatic heterocycles. The second-order valence-corrected chi connectivity index (χ2v) is 9.23. The van der Waals surface area contributed by atoms with Gasteiger partial charge in [-0.25, -0.2) is 0 Å². The van der Waals surface area contributed by atoms with Gasteiger partial charge in [-0.1, -0.05) is 76.5 Å². The molecule has 0 N–H and O–H groups in total. The van der Waals surface area contributed by atoms with Gasteiger partial charge in [-0.05, 0) is 36.3 Å². The first-order chi connectivity index (χ1) is 8.77. The molecule has 2 atom stereocenters. The second kappa shape index (κ2) is 7.03. The Morgan fingerprint density at radius 3 is 1.28 bits per heavy atom. The molecule has 0 amide bonds. The molecule has 0 unspecified atom stereocenters. The fraction of sp³-hybridized carbons (Fsp3) is 0.250. The summed E-state index contributed by atoms with van der Waals surface area (Å²) in [6.07, 6.45) is 2.69. The van der Waals surface area contributed by atoms with Gasteiger partial charge >= 0.3 is 0 Å². The molecule has 0 spiro atoms. The van der Waals surface area contributed by atoms with E-state index in [0.29, 0.717) is 0 Å². The lowest BCUT2D eigenvalue weighted by Gasteiger charge is -2.17. The average Bonchev–Trinajstić information content (AvgIpc) is 2.46. The van der Waals surface area contributed by atoms with Crippen LogP contribution in [0.1, 0.15) is 0 Å². The zero-order valence-corrected chi connectivity index (χ0v) is 12.9. The lowest BCUT2D eigenvalue weighted by atomic mass is 10.4. The zero-order valence-electron chi connectivity index (χ0n) is 11.1. The summed E-state index contributed by atoms with van der Waals surface area (Å²) in [5.41, 5.74) is 0. The van der Waals surface area contributed by atoms with Crippen molar-refractivity contribution in [2.24, 2.45) is 0 Å². The lowest BCUT2D eigenvalue weighted by molar-refractivity contribution is 1.50. The SMILES string of the molecule is C[P@](CC[P@](C)c1ccccc1)c1ccccc1. The molecule has 94 valence electrons. The van der Waals surface area contributed by atoms with E-state index in [4.69, 9.17) is 0 Å². The topological polar surface area (TPSA) is 0 Å². The molecule has 0 nitrogen and oxygen atoms in total. The number of benzene rings is 2. The Labute approximate surface area is 113 Å². The number of hydrogen-bond donors (Lipinski definition) is 0. The van der Waals surface area contributed by atoms with Gasteiger partial charge in [0.05, 0.1) is 0 Å². The van der Waals surface area contributed by atoms with Crippen LogP contribution in [0.3, 0.4) is 0 Å². The quantitative estimate of drug-likeness (QED) is 0.726. The van der Waals surface area contributed by atoms with Gasteiger partial charge in [0.15, 0.2) is 0 Å². The average molecular weight is 274 g/mol. The Bertz CT molecular complexity index is 408. The fourth-order valence-corrected chi connectivity index (χ4v) is 6.20. The fourth-order valence-electron chi connectivity index (χ4n) is 1.92. The summed E-state index contributed by atoms with van der Waals surface area (Å²) >= 11 is 0. The van der Waals surface area contributed by atoms with Gasteiger partial charge in [-0.15, -0.1) is 0 Å². The largest absolute Gasteiger partial charge is 0.0781 e. The maximum Gasteiger partial charge on any atom is -0.0243 e. The van der Waals surface area contributed by atoms with Crippen molar-refractivity contribution in [3.63, 3.8) is 0 Å². The molecule has 0 aromatic heterocycles. The standard InChI is InChI=1S/C16H20P2/c1-17(15-9-5-3-6-10-15)13-14-18(2)16-11-7-4-8-12-16/h3-12H,13-14H2,1-2H3/t17-,18+. The van der Waals surface area contributed by atoms with Crippen molar-refractivity contribution in [1.82, 2.24) is 0 Å². The molecule has 0 fully saturated rings. The zero-order chi connectivity index (χ0) is 12.8. The maximum absolute atomic E-state index is 2.40. The summed E-state index contributed by atoms with van der Waals surface area (Å²) in [5.74, 6) is 0. The van der Waals surface area contributed by atoms with Crippen LogP contribution in [0.4, 0.5) is 0 Å². The van der Waals surface area contributed by atoms with Crippen molar-refractivity contribution in [2.45, 2.75) is 0 Å². The van der Waals surface area contributed by atoms with Crippen molar-refractivity contribution < 1.29 is 0 Å². The van der Waals surface area contributed by atoms with Gasteiger partial charge in [0.1, 0.15) is 0 Å². The van der Waals surface area contributed by atoms with E-state index in [1.165, 1.54) is 22.9 Å². The molecular weight excluding hydrogens is 254 g/mol. The minimum absolute atomic E-state index is 0.0177. The smallest absolute Gasteiger partial charge is 0.0243 e. The number of rotatable bonds is 5. The van der Waals surface area contributed by atoms with Crippen molar-refractivity contribution in [3.05, 3.63) is 60.7 Å². The minimum Gasteiger partial charge on any atom is -0.0781 e. The van der Waals surface area contributed by atoms with E-state index in [1.807, 2.05) is 0 Å². The van der Waals surface area contributed by atoms with Crippen LogP contribution in [0, 0.1) is 0 Å². The molecule has 0 radical (unpaired) electrons. The molecule has 2 aromatic carbocycles. The summed E-state index contributed by atoms with van der Waals surface area (Å²) in [6, 6.07) is 21.9. The maximum atomic E-state index is 2.40. The monoisotopic (exact) mass is 274 g/mol. The molecule has 2 heteroatoms. The van der Waals surface area contributed by atoms with Crippen molar-refractivity contribution in [3.8, 4) is 0 Å². The van der Waals surface area contributed by atoms with Gasteiger partial charge in [0.2, 0.25) is 0 Å². The molecule has 0 saturated heterocycles. The van der Waals surface area contributed by atoms with E-state index in [0.717, 1.165) is 0 Å². The first-order valence-corrected chi connectivity index (χ1v) is 10.2. The lowest BCUT2D eigenvalue weighted by Crippen LogP contribution is -2.07. The van der Waals surface area contributed by atoms with E-state index >= 15 is 0 Å². The Morgan fingerprint density at radius 1 is 0.611 bits per heavy atom. The molecule has 0 heterocycles. The Kier molecular flexibility index (Phi) is 5.36. The summed E-state index contributed by atoms with van der Waals surface area (Å²) < 4.78 is 0. The third kappa shape index (κ3) is 3.91. The van der Waals surface area contributed by atoms with Crippen LogP contribution < -0.4 is 10.6 Å². The van der Waals surface area contributed by atoms with Crippen LogP contribution in [-0.4, -0.2) is 25.7 Å². The van der Waals surface area contributed by atoms with Crippen molar-refractivity contribution >= 4 is 26.5 Å². The predicted molar refractivity (Wildman–Crippen MR) is 87.6 cm³/mol.